The van der Waals surface area contributed by atoms with E-state index in [0.717, 1.165) is 15.4 Å². The van der Waals surface area contributed by atoms with Crippen molar-refractivity contribution >= 4 is 50.5 Å². The minimum absolute atomic E-state index is 0.0905. The van der Waals surface area contributed by atoms with Crippen molar-refractivity contribution in [2.75, 3.05) is 23.3 Å². The number of halogens is 2. The van der Waals surface area contributed by atoms with Crippen molar-refractivity contribution in [1.29, 1.82) is 0 Å². The molecule has 0 radical (unpaired) electrons. The van der Waals surface area contributed by atoms with Gasteiger partial charge in [-0.25, -0.2) is 8.42 Å². The molecule has 0 saturated carbocycles. The number of carbonyl (C=O) groups excluding carboxylic acids is 1. The van der Waals surface area contributed by atoms with Crippen LogP contribution in [0, 0.1) is 13.8 Å². The van der Waals surface area contributed by atoms with Gasteiger partial charge in [-0.05, 0) is 55.3 Å². The van der Waals surface area contributed by atoms with Gasteiger partial charge in [-0.3, -0.25) is 9.10 Å². The van der Waals surface area contributed by atoms with Gasteiger partial charge in [-0.15, -0.1) is 0 Å². The summed E-state index contributed by atoms with van der Waals surface area (Å²) in [5.74, 6) is -0.201. The molecule has 0 spiro atoms. The number of carbonyl (C=O) groups is 1. The van der Waals surface area contributed by atoms with Crippen molar-refractivity contribution in [3.05, 3.63) is 81.8 Å². The van der Waals surface area contributed by atoms with E-state index in [0.29, 0.717) is 11.4 Å². The summed E-state index contributed by atoms with van der Waals surface area (Å²) in [6, 6.07) is 16.2. The van der Waals surface area contributed by atoms with Gasteiger partial charge >= 0.3 is 0 Å². The molecule has 3 rings (SSSR count). The van der Waals surface area contributed by atoms with E-state index in [2.05, 4.69) is 5.32 Å². The molecule has 1 amide bonds. The smallest absolute Gasteiger partial charge is 0.264 e. The second-order valence-electron chi connectivity index (χ2n) is 7.07. The fraction of sp³-hybridized carbons (Fsp3) is 0.174. The molecule has 0 atom stereocenters. The number of nitrogens with zero attached hydrogens (tertiary/aromatic N) is 1. The summed E-state index contributed by atoms with van der Waals surface area (Å²) in [6.07, 6.45) is 0. The van der Waals surface area contributed by atoms with Crippen LogP contribution in [-0.4, -0.2) is 28.0 Å². The summed E-state index contributed by atoms with van der Waals surface area (Å²) in [7, 11) is -2.75. The number of ether oxygens (including phenoxy) is 1. The molecular formula is C23H22Cl2N2O4S. The van der Waals surface area contributed by atoms with E-state index in [1.54, 1.807) is 24.3 Å². The van der Waals surface area contributed by atoms with E-state index in [1.807, 2.05) is 32.0 Å². The van der Waals surface area contributed by atoms with Crippen LogP contribution in [-0.2, 0) is 14.8 Å². The van der Waals surface area contributed by atoms with Gasteiger partial charge in [0.05, 0.1) is 27.7 Å². The Balaban J connectivity index is 2.05. The van der Waals surface area contributed by atoms with E-state index >= 15 is 0 Å². The lowest BCUT2D eigenvalue weighted by Crippen LogP contribution is -2.38. The van der Waals surface area contributed by atoms with E-state index in [4.69, 9.17) is 27.9 Å². The number of rotatable bonds is 7. The lowest BCUT2D eigenvalue weighted by molar-refractivity contribution is -0.114. The molecule has 0 aliphatic rings. The van der Waals surface area contributed by atoms with Gasteiger partial charge in [-0.1, -0.05) is 53.5 Å². The zero-order valence-electron chi connectivity index (χ0n) is 17.7. The van der Waals surface area contributed by atoms with Gasteiger partial charge in [0.25, 0.3) is 10.0 Å². The monoisotopic (exact) mass is 492 g/mol. The van der Waals surface area contributed by atoms with Gasteiger partial charge in [-0.2, -0.15) is 0 Å². The molecular weight excluding hydrogens is 471 g/mol. The Labute approximate surface area is 197 Å². The molecule has 0 bridgehead atoms. The molecule has 0 fully saturated rings. The van der Waals surface area contributed by atoms with Crippen LogP contribution in [0.5, 0.6) is 5.75 Å². The highest BCUT2D eigenvalue weighted by Gasteiger charge is 2.30. The molecule has 168 valence electrons. The van der Waals surface area contributed by atoms with E-state index in [-0.39, 0.29) is 20.6 Å². The molecule has 6 nitrogen and oxygen atoms in total. The van der Waals surface area contributed by atoms with Crippen LogP contribution in [0.2, 0.25) is 10.0 Å². The number of nitrogens with one attached hydrogen (secondary N) is 1. The summed E-state index contributed by atoms with van der Waals surface area (Å²) in [6.45, 7) is 3.26. The lowest BCUT2D eigenvalue weighted by Gasteiger charge is -2.26. The minimum Gasteiger partial charge on any atom is -0.495 e. The maximum atomic E-state index is 13.6. The quantitative estimate of drug-likeness (QED) is 0.475. The number of amides is 1. The summed E-state index contributed by atoms with van der Waals surface area (Å²) < 4.78 is 33.5. The van der Waals surface area contributed by atoms with Crippen LogP contribution in [0.1, 0.15) is 11.1 Å². The zero-order valence-corrected chi connectivity index (χ0v) is 20.1. The third-order valence-corrected chi connectivity index (χ3v) is 7.36. The van der Waals surface area contributed by atoms with Gasteiger partial charge < -0.3 is 10.1 Å². The fourth-order valence-corrected chi connectivity index (χ4v) is 5.04. The molecule has 9 heteroatoms. The van der Waals surface area contributed by atoms with Crippen molar-refractivity contribution in [3.8, 4) is 5.75 Å². The van der Waals surface area contributed by atoms with Gasteiger partial charge in [0, 0.05) is 5.69 Å². The second kappa shape index (κ2) is 9.81. The van der Waals surface area contributed by atoms with Crippen LogP contribution in [0.4, 0.5) is 11.4 Å². The van der Waals surface area contributed by atoms with Gasteiger partial charge in [0.2, 0.25) is 5.91 Å². The number of hydrogen-bond donors (Lipinski definition) is 1. The van der Waals surface area contributed by atoms with Crippen molar-refractivity contribution in [2.45, 2.75) is 18.7 Å². The molecule has 3 aromatic rings. The van der Waals surface area contributed by atoms with E-state index < -0.39 is 22.5 Å². The van der Waals surface area contributed by atoms with Crippen LogP contribution >= 0.6 is 23.2 Å². The average Bonchev–Trinajstić information content (AvgIpc) is 2.76. The summed E-state index contributed by atoms with van der Waals surface area (Å²) in [5, 5.41) is 3.14. The van der Waals surface area contributed by atoms with Crippen LogP contribution in [0.15, 0.2) is 65.6 Å². The average molecular weight is 493 g/mol. The number of methoxy groups -OCH3 is 1. The highest BCUT2D eigenvalue weighted by Crippen LogP contribution is 2.34. The lowest BCUT2D eigenvalue weighted by atomic mass is 10.1. The first-order valence-corrected chi connectivity index (χ1v) is 11.8. The van der Waals surface area contributed by atoms with Crippen LogP contribution in [0.25, 0.3) is 0 Å². The number of sulfonamides is 1. The Kier molecular flexibility index (Phi) is 7.33. The molecule has 0 aromatic heterocycles. The number of anilines is 2. The molecule has 0 unspecified atom stereocenters. The molecule has 0 saturated heterocycles. The fourth-order valence-electron chi connectivity index (χ4n) is 3.22. The molecule has 0 aliphatic heterocycles. The predicted molar refractivity (Wildman–Crippen MR) is 129 cm³/mol. The highest BCUT2D eigenvalue weighted by molar-refractivity contribution is 7.92. The molecule has 32 heavy (non-hydrogen) atoms. The summed E-state index contributed by atoms with van der Waals surface area (Å²) >= 11 is 12.0. The van der Waals surface area contributed by atoms with Gasteiger partial charge in [0.1, 0.15) is 12.3 Å². The van der Waals surface area contributed by atoms with Crippen molar-refractivity contribution in [1.82, 2.24) is 0 Å². The maximum Gasteiger partial charge on any atom is 0.264 e. The third-order valence-electron chi connectivity index (χ3n) is 4.87. The Morgan fingerprint density at radius 3 is 2.25 bits per heavy atom. The number of benzene rings is 3. The first kappa shape index (κ1) is 23.9. The highest BCUT2D eigenvalue weighted by atomic mass is 35.5. The van der Waals surface area contributed by atoms with Crippen LogP contribution < -0.4 is 14.4 Å². The Morgan fingerprint density at radius 2 is 1.62 bits per heavy atom. The first-order valence-electron chi connectivity index (χ1n) is 9.62. The predicted octanol–water partition coefficient (Wildman–Crippen LogP) is 5.45. The van der Waals surface area contributed by atoms with Crippen molar-refractivity contribution in [3.63, 3.8) is 0 Å². The number of hydrogen-bond acceptors (Lipinski definition) is 4. The zero-order chi connectivity index (χ0) is 23.5. The summed E-state index contributed by atoms with van der Waals surface area (Å²) in [5.41, 5.74) is 2.60. The van der Waals surface area contributed by atoms with E-state index in [9.17, 15) is 13.2 Å². The standard InChI is InChI=1S/C23H22Cl2N2O4S/c1-15-7-6-8-16(2)23(15)26-22(28)14-27(20-9-4-5-10-21(20)31-3)32(29,30)17-11-12-18(24)19(25)13-17/h4-13H,14H2,1-3H3,(H,26,28). The number of para-hydroxylation sites is 3. The van der Waals surface area contributed by atoms with Crippen molar-refractivity contribution < 1.29 is 17.9 Å². The van der Waals surface area contributed by atoms with Crippen molar-refractivity contribution in [2.24, 2.45) is 0 Å². The van der Waals surface area contributed by atoms with Gasteiger partial charge in [0.15, 0.2) is 0 Å². The molecule has 0 heterocycles. The normalized spacial score (nSPS) is 11.2. The number of aryl methyl sites for hydroxylation is 2. The Morgan fingerprint density at radius 1 is 0.969 bits per heavy atom. The third kappa shape index (κ3) is 5.01. The molecule has 0 aliphatic carbocycles. The Bertz CT molecular complexity index is 1240. The minimum atomic E-state index is -4.18. The maximum absolute atomic E-state index is 13.6. The second-order valence-corrected chi connectivity index (χ2v) is 9.75. The largest absolute Gasteiger partial charge is 0.495 e. The SMILES string of the molecule is COc1ccccc1N(CC(=O)Nc1c(C)cccc1C)S(=O)(=O)c1ccc(Cl)c(Cl)c1. The molecule has 1 N–H and O–H groups in total. The van der Waals surface area contributed by atoms with E-state index in [1.165, 1.54) is 25.3 Å². The molecule has 3 aromatic carbocycles. The summed E-state index contributed by atoms with van der Waals surface area (Å²) in [4.78, 5) is 12.9. The first-order chi connectivity index (χ1) is 15.1. The Hall–Kier alpha value is -2.74. The topological polar surface area (TPSA) is 75.7 Å². The van der Waals surface area contributed by atoms with Crippen LogP contribution in [0.3, 0.4) is 0 Å².